The molecule has 1 amide bonds. The summed E-state index contributed by atoms with van der Waals surface area (Å²) in [5, 5.41) is 0. The maximum Gasteiger partial charge on any atom is 0.246 e. The van der Waals surface area contributed by atoms with Crippen LogP contribution >= 0.6 is 0 Å². The van der Waals surface area contributed by atoms with E-state index in [2.05, 4.69) is 17.6 Å². The highest BCUT2D eigenvalue weighted by atomic mass is 16.5. The molecule has 19 heavy (non-hydrogen) atoms. The third-order valence-electron chi connectivity index (χ3n) is 3.73. The monoisotopic (exact) mass is 258 g/mol. The molecule has 3 rings (SSSR count). The van der Waals surface area contributed by atoms with Crippen molar-refractivity contribution in [3.05, 3.63) is 36.5 Å². The SMILES string of the molecule is C=CC(=O)N1CC[C@H](Oc2ccc(C3CC3)cn2)C1. The molecule has 100 valence electrons. The van der Waals surface area contributed by atoms with Gasteiger partial charge in [0, 0.05) is 25.2 Å². The van der Waals surface area contributed by atoms with E-state index in [0.717, 1.165) is 13.0 Å². The summed E-state index contributed by atoms with van der Waals surface area (Å²) in [6.45, 7) is 4.86. The zero-order chi connectivity index (χ0) is 13.2. The summed E-state index contributed by atoms with van der Waals surface area (Å²) in [6.07, 6.45) is 6.72. The number of nitrogens with zero attached hydrogens (tertiary/aromatic N) is 2. The molecule has 0 spiro atoms. The van der Waals surface area contributed by atoms with Gasteiger partial charge in [-0.25, -0.2) is 4.98 Å². The lowest BCUT2D eigenvalue weighted by Crippen LogP contribution is -2.29. The molecule has 0 unspecified atom stereocenters. The van der Waals surface area contributed by atoms with Crippen LogP contribution in [0.1, 0.15) is 30.7 Å². The highest BCUT2D eigenvalue weighted by molar-refractivity contribution is 5.87. The summed E-state index contributed by atoms with van der Waals surface area (Å²) in [4.78, 5) is 17.6. The lowest BCUT2D eigenvalue weighted by molar-refractivity contribution is -0.125. The Hall–Kier alpha value is -1.84. The first-order valence-corrected chi connectivity index (χ1v) is 6.80. The highest BCUT2D eigenvalue weighted by Gasteiger charge is 2.27. The van der Waals surface area contributed by atoms with Crippen molar-refractivity contribution in [2.24, 2.45) is 0 Å². The molecular weight excluding hydrogens is 240 g/mol. The van der Waals surface area contributed by atoms with Crippen molar-refractivity contribution in [3.63, 3.8) is 0 Å². The minimum atomic E-state index is -0.0249. The molecule has 4 heteroatoms. The lowest BCUT2D eigenvalue weighted by atomic mass is 10.2. The number of ether oxygens (including phenoxy) is 1. The van der Waals surface area contributed by atoms with Crippen LogP contribution in [0.25, 0.3) is 0 Å². The van der Waals surface area contributed by atoms with Crippen molar-refractivity contribution in [2.45, 2.75) is 31.3 Å². The second kappa shape index (κ2) is 5.03. The van der Waals surface area contributed by atoms with E-state index >= 15 is 0 Å². The molecule has 1 aliphatic carbocycles. The fourth-order valence-corrected chi connectivity index (χ4v) is 2.44. The van der Waals surface area contributed by atoms with E-state index in [9.17, 15) is 4.79 Å². The summed E-state index contributed by atoms with van der Waals surface area (Å²) in [5.41, 5.74) is 1.31. The molecule has 1 saturated carbocycles. The Morgan fingerprint density at radius 3 is 2.89 bits per heavy atom. The van der Waals surface area contributed by atoms with Gasteiger partial charge in [0.15, 0.2) is 0 Å². The first kappa shape index (κ1) is 12.2. The normalized spacial score (nSPS) is 22.3. The predicted molar refractivity (Wildman–Crippen MR) is 72.0 cm³/mol. The Morgan fingerprint density at radius 2 is 2.26 bits per heavy atom. The number of likely N-dealkylation sites (tertiary alicyclic amines) is 1. The van der Waals surface area contributed by atoms with E-state index in [1.54, 1.807) is 4.90 Å². The van der Waals surface area contributed by atoms with Gasteiger partial charge in [0.05, 0.1) is 6.54 Å². The Balaban J connectivity index is 1.56. The molecule has 4 nitrogen and oxygen atoms in total. The van der Waals surface area contributed by atoms with Crippen molar-refractivity contribution in [2.75, 3.05) is 13.1 Å². The molecule has 1 saturated heterocycles. The standard InChI is InChI=1S/C15H18N2O2/c1-2-15(18)17-8-7-13(10-17)19-14-6-5-12(9-16-14)11-3-4-11/h2,5-6,9,11,13H,1,3-4,7-8,10H2/t13-/m0/s1. The van der Waals surface area contributed by atoms with Crippen molar-refractivity contribution in [3.8, 4) is 5.88 Å². The van der Waals surface area contributed by atoms with Crippen LogP contribution in [0.5, 0.6) is 5.88 Å². The van der Waals surface area contributed by atoms with Gasteiger partial charge in [-0.3, -0.25) is 4.79 Å². The molecular formula is C15H18N2O2. The smallest absolute Gasteiger partial charge is 0.246 e. The Morgan fingerprint density at radius 1 is 1.42 bits per heavy atom. The summed E-state index contributed by atoms with van der Waals surface area (Å²) in [6, 6.07) is 4.03. The number of hydrogen-bond acceptors (Lipinski definition) is 3. The lowest BCUT2D eigenvalue weighted by Gasteiger charge is -2.15. The van der Waals surface area contributed by atoms with Gasteiger partial charge in [-0.1, -0.05) is 12.6 Å². The number of carbonyl (C=O) groups is 1. The van der Waals surface area contributed by atoms with Crippen LogP contribution in [0.3, 0.4) is 0 Å². The molecule has 0 bridgehead atoms. The fourth-order valence-electron chi connectivity index (χ4n) is 2.44. The molecule has 2 aliphatic rings. The average Bonchev–Trinajstić information content (AvgIpc) is 3.19. The van der Waals surface area contributed by atoms with E-state index in [1.165, 1.54) is 24.5 Å². The van der Waals surface area contributed by atoms with Gasteiger partial charge in [0.2, 0.25) is 11.8 Å². The average molecular weight is 258 g/mol. The van der Waals surface area contributed by atoms with Crippen molar-refractivity contribution < 1.29 is 9.53 Å². The number of hydrogen-bond donors (Lipinski definition) is 0. The molecule has 2 heterocycles. The first-order chi connectivity index (χ1) is 9.26. The van der Waals surface area contributed by atoms with Gasteiger partial charge < -0.3 is 9.64 Å². The molecule has 1 aromatic rings. The van der Waals surface area contributed by atoms with Gasteiger partial charge in [-0.15, -0.1) is 0 Å². The van der Waals surface area contributed by atoms with E-state index < -0.39 is 0 Å². The van der Waals surface area contributed by atoms with Crippen LogP contribution in [-0.2, 0) is 4.79 Å². The van der Waals surface area contributed by atoms with Crippen LogP contribution in [-0.4, -0.2) is 35.0 Å². The zero-order valence-electron chi connectivity index (χ0n) is 10.9. The molecule has 2 fully saturated rings. The van der Waals surface area contributed by atoms with Crippen molar-refractivity contribution in [1.82, 2.24) is 9.88 Å². The molecule has 1 aliphatic heterocycles. The molecule has 1 aromatic heterocycles. The van der Waals surface area contributed by atoms with E-state index in [0.29, 0.717) is 18.3 Å². The van der Waals surface area contributed by atoms with Crippen LogP contribution < -0.4 is 4.74 Å². The Bertz CT molecular complexity index is 479. The highest BCUT2D eigenvalue weighted by Crippen LogP contribution is 2.39. The maximum absolute atomic E-state index is 11.5. The number of rotatable bonds is 4. The third kappa shape index (κ3) is 2.78. The second-order valence-corrected chi connectivity index (χ2v) is 5.22. The van der Waals surface area contributed by atoms with E-state index in [4.69, 9.17) is 4.74 Å². The maximum atomic E-state index is 11.5. The molecule has 0 radical (unpaired) electrons. The van der Waals surface area contributed by atoms with Crippen LogP contribution in [0, 0.1) is 0 Å². The summed E-state index contributed by atoms with van der Waals surface area (Å²) >= 11 is 0. The summed E-state index contributed by atoms with van der Waals surface area (Å²) in [5.74, 6) is 1.35. The van der Waals surface area contributed by atoms with E-state index in [-0.39, 0.29) is 12.0 Å². The van der Waals surface area contributed by atoms with Crippen LogP contribution in [0.15, 0.2) is 31.0 Å². The van der Waals surface area contributed by atoms with Crippen LogP contribution in [0.4, 0.5) is 0 Å². The molecule has 0 aromatic carbocycles. The Kier molecular flexibility index (Phi) is 3.23. The topological polar surface area (TPSA) is 42.4 Å². The second-order valence-electron chi connectivity index (χ2n) is 5.22. The number of carbonyl (C=O) groups excluding carboxylic acids is 1. The summed E-state index contributed by atoms with van der Waals surface area (Å²) < 4.78 is 5.82. The number of aromatic nitrogens is 1. The Labute approximate surface area is 113 Å². The fraction of sp³-hybridized carbons (Fsp3) is 0.467. The largest absolute Gasteiger partial charge is 0.472 e. The van der Waals surface area contributed by atoms with Gasteiger partial charge in [-0.05, 0) is 30.4 Å². The summed E-state index contributed by atoms with van der Waals surface area (Å²) in [7, 11) is 0. The predicted octanol–water partition coefficient (Wildman–Crippen LogP) is 2.12. The minimum Gasteiger partial charge on any atom is -0.472 e. The van der Waals surface area contributed by atoms with Gasteiger partial charge in [-0.2, -0.15) is 0 Å². The van der Waals surface area contributed by atoms with Gasteiger partial charge in [0.1, 0.15) is 6.10 Å². The van der Waals surface area contributed by atoms with Gasteiger partial charge in [0.25, 0.3) is 0 Å². The van der Waals surface area contributed by atoms with Gasteiger partial charge >= 0.3 is 0 Å². The number of pyridine rings is 1. The van der Waals surface area contributed by atoms with Crippen molar-refractivity contribution in [1.29, 1.82) is 0 Å². The quantitative estimate of drug-likeness (QED) is 0.777. The van der Waals surface area contributed by atoms with Crippen molar-refractivity contribution >= 4 is 5.91 Å². The molecule has 1 atom stereocenters. The minimum absolute atomic E-state index is 0.0249. The van der Waals surface area contributed by atoms with Crippen LogP contribution in [0.2, 0.25) is 0 Å². The third-order valence-corrected chi connectivity index (χ3v) is 3.73. The zero-order valence-corrected chi connectivity index (χ0v) is 10.9. The number of amides is 1. The molecule has 0 N–H and O–H groups in total. The van der Waals surface area contributed by atoms with E-state index in [1.807, 2.05) is 12.3 Å². The first-order valence-electron chi connectivity index (χ1n) is 6.80.